The number of nitrogens with one attached hydrogen (secondary N) is 2. The highest BCUT2D eigenvalue weighted by Gasteiger charge is 2.30. The largest absolute Gasteiger partial charge is 0.385 e. The molecule has 0 spiro atoms. The van der Waals surface area contributed by atoms with Crippen LogP contribution in [0.25, 0.3) is 11.3 Å². The van der Waals surface area contributed by atoms with Crippen molar-refractivity contribution in [2.45, 2.75) is 12.3 Å². The van der Waals surface area contributed by atoms with Crippen LogP contribution in [0.15, 0.2) is 33.9 Å². The van der Waals surface area contributed by atoms with Gasteiger partial charge in [0.2, 0.25) is 0 Å². The van der Waals surface area contributed by atoms with Crippen molar-refractivity contribution in [2.75, 3.05) is 13.7 Å². The van der Waals surface area contributed by atoms with Crippen molar-refractivity contribution in [3.05, 3.63) is 56.2 Å². The summed E-state index contributed by atoms with van der Waals surface area (Å²) in [5.74, 6) is 0.0655. The number of hydrogen-bond acceptors (Lipinski definition) is 3. The van der Waals surface area contributed by atoms with E-state index in [1.807, 2.05) is 24.3 Å². The van der Waals surface area contributed by atoms with Crippen LogP contribution in [0.1, 0.15) is 23.6 Å². The third-order valence-corrected chi connectivity index (χ3v) is 3.53. The summed E-state index contributed by atoms with van der Waals surface area (Å²) in [6, 6.07) is 7.85. The van der Waals surface area contributed by atoms with Gasteiger partial charge in [-0.25, -0.2) is 0 Å². The standard InChI is InChI=1S/C14H14N2O3/c1-19-7-6-10-8-4-2-3-5-9(8)11-12(10)16-14(18)13(17)15-11/h2-5,10H,6-7H2,1H3,(H,15,17)(H,16,18). The van der Waals surface area contributed by atoms with E-state index in [1.165, 1.54) is 0 Å². The van der Waals surface area contributed by atoms with Gasteiger partial charge in [-0.3, -0.25) is 9.59 Å². The third-order valence-electron chi connectivity index (χ3n) is 3.53. The van der Waals surface area contributed by atoms with E-state index in [0.717, 1.165) is 28.9 Å². The first-order valence-corrected chi connectivity index (χ1v) is 6.17. The van der Waals surface area contributed by atoms with Gasteiger partial charge >= 0.3 is 11.1 Å². The minimum absolute atomic E-state index is 0.0655. The second-order valence-corrected chi connectivity index (χ2v) is 4.62. The zero-order chi connectivity index (χ0) is 13.4. The lowest BCUT2D eigenvalue weighted by atomic mass is 9.97. The molecule has 98 valence electrons. The van der Waals surface area contributed by atoms with Crippen molar-refractivity contribution in [1.29, 1.82) is 0 Å². The van der Waals surface area contributed by atoms with Crippen molar-refractivity contribution < 1.29 is 4.74 Å². The Morgan fingerprint density at radius 1 is 1.16 bits per heavy atom. The van der Waals surface area contributed by atoms with Crippen LogP contribution in [0.3, 0.4) is 0 Å². The molecule has 5 heteroatoms. The topological polar surface area (TPSA) is 75.0 Å². The lowest BCUT2D eigenvalue weighted by Crippen LogP contribution is -2.31. The first kappa shape index (κ1) is 11.9. The predicted octanol–water partition coefficient (Wildman–Crippen LogP) is 1.21. The summed E-state index contributed by atoms with van der Waals surface area (Å²) < 4.78 is 5.12. The molecule has 1 unspecified atom stereocenters. The van der Waals surface area contributed by atoms with E-state index in [9.17, 15) is 9.59 Å². The van der Waals surface area contributed by atoms with Crippen LogP contribution in [-0.2, 0) is 4.74 Å². The van der Waals surface area contributed by atoms with E-state index in [4.69, 9.17) is 4.74 Å². The summed E-state index contributed by atoms with van der Waals surface area (Å²) in [6.07, 6.45) is 0.766. The average Bonchev–Trinajstić information content (AvgIpc) is 2.71. The van der Waals surface area contributed by atoms with Crippen molar-refractivity contribution in [3.63, 3.8) is 0 Å². The van der Waals surface area contributed by atoms with Gasteiger partial charge in [0.1, 0.15) is 0 Å². The van der Waals surface area contributed by atoms with E-state index in [1.54, 1.807) is 7.11 Å². The fraction of sp³-hybridized carbons (Fsp3) is 0.286. The second kappa shape index (κ2) is 4.51. The van der Waals surface area contributed by atoms with Gasteiger partial charge in [0.05, 0.1) is 11.4 Å². The Morgan fingerprint density at radius 3 is 2.68 bits per heavy atom. The van der Waals surface area contributed by atoms with Gasteiger partial charge in [-0.15, -0.1) is 0 Å². The summed E-state index contributed by atoms with van der Waals surface area (Å²) in [5.41, 5.74) is 2.39. The SMILES string of the molecule is COCCC1c2ccccc2-c2[nH]c(=O)c(=O)[nH]c21. The molecule has 19 heavy (non-hydrogen) atoms. The van der Waals surface area contributed by atoms with E-state index >= 15 is 0 Å². The Hall–Kier alpha value is -2.14. The molecule has 1 aromatic heterocycles. The molecule has 0 aliphatic heterocycles. The van der Waals surface area contributed by atoms with Crippen LogP contribution in [0.2, 0.25) is 0 Å². The number of methoxy groups -OCH3 is 1. The van der Waals surface area contributed by atoms with Gasteiger partial charge in [0.15, 0.2) is 0 Å². The fourth-order valence-corrected chi connectivity index (χ4v) is 2.67. The number of aromatic nitrogens is 2. The van der Waals surface area contributed by atoms with Gasteiger partial charge in [-0.1, -0.05) is 24.3 Å². The number of rotatable bonds is 3. The molecule has 0 bridgehead atoms. The van der Waals surface area contributed by atoms with Crippen LogP contribution < -0.4 is 11.1 Å². The van der Waals surface area contributed by atoms with Crippen LogP contribution in [0, 0.1) is 0 Å². The molecule has 0 radical (unpaired) electrons. The summed E-state index contributed by atoms with van der Waals surface area (Å²) >= 11 is 0. The van der Waals surface area contributed by atoms with Crippen LogP contribution in [-0.4, -0.2) is 23.7 Å². The summed E-state index contributed by atoms with van der Waals surface area (Å²) in [4.78, 5) is 28.4. The molecule has 2 N–H and O–H groups in total. The molecular formula is C14H14N2O3. The molecule has 1 aliphatic carbocycles. The Kier molecular flexibility index (Phi) is 2.83. The van der Waals surface area contributed by atoms with Crippen molar-refractivity contribution in [1.82, 2.24) is 9.97 Å². The van der Waals surface area contributed by atoms with Crippen molar-refractivity contribution in [2.24, 2.45) is 0 Å². The Morgan fingerprint density at radius 2 is 1.89 bits per heavy atom. The van der Waals surface area contributed by atoms with E-state index in [0.29, 0.717) is 6.61 Å². The quantitative estimate of drug-likeness (QED) is 0.813. The number of fused-ring (bicyclic) bond motifs is 3. The molecule has 0 amide bonds. The monoisotopic (exact) mass is 258 g/mol. The Labute approximate surface area is 109 Å². The van der Waals surface area contributed by atoms with Crippen LogP contribution in [0.4, 0.5) is 0 Å². The normalized spacial score (nSPS) is 16.2. The van der Waals surface area contributed by atoms with Crippen molar-refractivity contribution in [3.8, 4) is 11.3 Å². The van der Waals surface area contributed by atoms with Gasteiger partial charge in [-0.2, -0.15) is 0 Å². The third kappa shape index (κ3) is 1.82. The fourth-order valence-electron chi connectivity index (χ4n) is 2.67. The highest BCUT2D eigenvalue weighted by Crippen LogP contribution is 2.43. The van der Waals surface area contributed by atoms with Crippen LogP contribution in [0.5, 0.6) is 0 Å². The smallest absolute Gasteiger partial charge is 0.314 e. The second-order valence-electron chi connectivity index (χ2n) is 4.62. The van der Waals surface area contributed by atoms with E-state index in [2.05, 4.69) is 9.97 Å². The molecule has 1 aliphatic rings. The molecule has 1 heterocycles. The molecule has 0 saturated heterocycles. The zero-order valence-corrected chi connectivity index (χ0v) is 10.5. The summed E-state index contributed by atoms with van der Waals surface area (Å²) in [5, 5.41) is 0. The lowest BCUT2D eigenvalue weighted by Gasteiger charge is -2.11. The van der Waals surface area contributed by atoms with E-state index in [-0.39, 0.29) is 5.92 Å². The van der Waals surface area contributed by atoms with Gasteiger partial charge < -0.3 is 14.7 Å². The number of H-pyrrole nitrogens is 2. The lowest BCUT2D eigenvalue weighted by molar-refractivity contribution is 0.191. The molecule has 1 atom stereocenters. The summed E-state index contributed by atoms with van der Waals surface area (Å²) in [6.45, 7) is 0.597. The Bertz CT molecular complexity index is 730. The van der Waals surface area contributed by atoms with E-state index < -0.39 is 11.1 Å². The summed E-state index contributed by atoms with van der Waals surface area (Å²) in [7, 11) is 1.65. The molecule has 0 saturated carbocycles. The van der Waals surface area contributed by atoms with Gasteiger partial charge in [0, 0.05) is 25.2 Å². The number of aromatic amines is 2. The molecule has 1 aromatic carbocycles. The molecular weight excluding hydrogens is 244 g/mol. The maximum Gasteiger partial charge on any atom is 0.314 e. The first-order chi connectivity index (χ1) is 9.22. The molecule has 2 aromatic rings. The van der Waals surface area contributed by atoms with Gasteiger partial charge in [-0.05, 0) is 12.0 Å². The van der Waals surface area contributed by atoms with Crippen molar-refractivity contribution >= 4 is 0 Å². The molecule has 5 nitrogen and oxygen atoms in total. The predicted molar refractivity (Wildman–Crippen MR) is 71.5 cm³/mol. The van der Waals surface area contributed by atoms with Crippen LogP contribution >= 0.6 is 0 Å². The Balaban J connectivity index is 2.21. The van der Waals surface area contributed by atoms with Gasteiger partial charge in [0.25, 0.3) is 0 Å². The first-order valence-electron chi connectivity index (χ1n) is 6.17. The number of hydrogen-bond donors (Lipinski definition) is 2. The highest BCUT2D eigenvalue weighted by atomic mass is 16.5. The minimum Gasteiger partial charge on any atom is -0.385 e. The highest BCUT2D eigenvalue weighted by molar-refractivity contribution is 5.73. The molecule has 3 rings (SSSR count). The maximum absolute atomic E-state index is 11.5. The maximum atomic E-state index is 11.5. The molecule has 0 fully saturated rings. The number of benzene rings is 1. The average molecular weight is 258 g/mol. The minimum atomic E-state index is -0.610. The number of ether oxygens (including phenoxy) is 1. The zero-order valence-electron chi connectivity index (χ0n) is 10.5.